The summed E-state index contributed by atoms with van der Waals surface area (Å²) in [4.78, 5) is 0. The highest BCUT2D eigenvalue weighted by Crippen LogP contribution is 2.26. The molecule has 0 aliphatic carbocycles. The van der Waals surface area contributed by atoms with E-state index in [1.54, 1.807) is 0 Å². The van der Waals surface area contributed by atoms with Gasteiger partial charge < -0.3 is 5.73 Å². The molecule has 3 heteroatoms. The van der Waals surface area contributed by atoms with E-state index < -0.39 is 0 Å². The largest absolute Gasteiger partial charge is 0.399 e. The van der Waals surface area contributed by atoms with Crippen LogP contribution in [0.5, 0.6) is 0 Å². The third kappa shape index (κ3) is 1.64. The summed E-state index contributed by atoms with van der Waals surface area (Å²) >= 11 is 0. The predicted octanol–water partition coefficient (Wildman–Crippen LogP) is 3.13. The van der Waals surface area contributed by atoms with Gasteiger partial charge in [0, 0.05) is 18.1 Å². The maximum Gasteiger partial charge on any atom is 0.0685 e. The highest BCUT2D eigenvalue weighted by atomic mass is 15.2. The van der Waals surface area contributed by atoms with Gasteiger partial charge in [-0.3, -0.25) is 4.68 Å². The minimum atomic E-state index is 0.834. The molecule has 0 saturated heterocycles. The predicted molar refractivity (Wildman–Crippen MR) is 75.3 cm³/mol. The first-order chi connectivity index (χ1) is 8.65. The van der Waals surface area contributed by atoms with Gasteiger partial charge in [0.15, 0.2) is 0 Å². The monoisotopic (exact) mass is 237 g/mol. The highest BCUT2D eigenvalue weighted by molar-refractivity contribution is 5.84. The van der Waals surface area contributed by atoms with Gasteiger partial charge >= 0.3 is 0 Å². The van der Waals surface area contributed by atoms with Crippen molar-refractivity contribution in [3.05, 3.63) is 48.2 Å². The smallest absolute Gasteiger partial charge is 0.0685 e. The minimum absolute atomic E-state index is 0.834. The number of nitrogens with zero attached hydrogens (tertiary/aromatic N) is 2. The van der Waals surface area contributed by atoms with Gasteiger partial charge in [-0.15, -0.1) is 0 Å². The van der Waals surface area contributed by atoms with Crippen LogP contribution in [-0.2, 0) is 7.05 Å². The molecule has 0 spiro atoms. The van der Waals surface area contributed by atoms with Gasteiger partial charge in [0.05, 0.1) is 11.7 Å². The van der Waals surface area contributed by atoms with Gasteiger partial charge in [-0.05, 0) is 41.8 Å². The number of nitrogen functional groups attached to an aromatic ring is 1. The lowest BCUT2D eigenvalue weighted by atomic mass is 10.0. The number of fused-ring (bicyclic) bond motifs is 1. The Morgan fingerprint density at radius 3 is 2.56 bits per heavy atom. The van der Waals surface area contributed by atoms with Gasteiger partial charge in [-0.1, -0.05) is 18.2 Å². The Morgan fingerprint density at radius 1 is 1.06 bits per heavy atom. The molecule has 1 aromatic heterocycles. The van der Waals surface area contributed by atoms with Crippen LogP contribution in [0.15, 0.2) is 42.6 Å². The van der Waals surface area contributed by atoms with Crippen molar-refractivity contribution < 1.29 is 0 Å². The molecule has 1 heterocycles. The van der Waals surface area contributed by atoms with Crippen molar-refractivity contribution in [1.29, 1.82) is 0 Å². The Hall–Kier alpha value is -2.29. The molecule has 0 saturated carbocycles. The third-order valence-electron chi connectivity index (χ3n) is 3.35. The molecule has 18 heavy (non-hydrogen) atoms. The quantitative estimate of drug-likeness (QED) is 0.661. The van der Waals surface area contributed by atoms with E-state index in [1.807, 2.05) is 30.9 Å². The van der Waals surface area contributed by atoms with Gasteiger partial charge in [-0.2, -0.15) is 5.10 Å². The second-order valence-electron chi connectivity index (χ2n) is 4.61. The summed E-state index contributed by atoms with van der Waals surface area (Å²) in [6, 6.07) is 12.5. The summed E-state index contributed by atoms with van der Waals surface area (Å²) in [5, 5.41) is 5.42. The number of aryl methyl sites for hydroxylation is 2. The summed E-state index contributed by atoms with van der Waals surface area (Å²) in [5.41, 5.74) is 11.3. The molecule has 2 aromatic carbocycles. The molecular weight excluding hydrogens is 222 g/mol. The molecule has 2 N–H and O–H groups in total. The highest BCUT2D eigenvalue weighted by Gasteiger charge is 2.04. The fourth-order valence-electron chi connectivity index (χ4n) is 2.18. The van der Waals surface area contributed by atoms with E-state index in [-0.39, 0.29) is 0 Å². The molecule has 0 radical (unpaired) electrons. The Balaban J connectivity index is 2.18. The average molecular weight is 237 g/mol. The number of hydrogen-bond acceptors (Lipinski definition) is 2. The Bertz CT molecular complexity index is 726. The van der Waals surface area contributed by atoms with Crippen LogP contribution in [0.1, 0.15) is 5.56 Å². The van der Waals surface area contributed by atoms with Gasteiger partial charge in [0.25, 0.3) is 0 Å². The topological polar surface area (TPSA) is 43.8 Å². The summed E-state index contributed by atoms with van der Waals surface area (Å²) < 4.78 is 1.89. The number of anilines is 1. The van der Waals surface area contributed by atoms with Crippen LogP contribution in [0.3, 0.4) is 0 Å². The molecule has 0 aliphatic heterocycles. The van der Waals surface area contributed by atoms with Crippen molar-refractivity contribution in [1.82, 2.24) is 9.78 Å². The van der Waals surface area contributed by atoms with Crippen LogP contribution in [0.25, 0.3) is 22.0 Å². The van der Waals surface area contributed by atoms with E-state index in [2.05, 4.69) is 35.4 Å². The first kappa shape index (κ1) is 10.8. The average Bonchev–Trinajstić information content (AvgIpc) is 2.74. The number of rotatable bonds is 1. The number of hydrogen-bond donors (Lipinski definition) is 1. The molecule has 0 atom stereocenters. The van der Waals surface area contributed by atoms with E-state index >= 15 is 0 Å². The van der Waals surface area contributed by atoms with E-state index in [0.717, 1.165) is 22.2 Å². The second kappa shape index (κ2) is 3.88. The van der Waals surface area contributed by atoms with Crippen molar-refractivity contribution >= 4 is 16.6 Å². The summed E-state index contributed by atoms with van der Waals surface area (Å²) in [6.07, 6.45) is 1.88. The molecule has 3 aromatic rings. The molecule has 0 bridgehead atoms. The zero-order chi connectivity index (χ0) is 12.7. The lowest BCUT2D eigenvalue weighted by Crippen LogP contribution is -1.91. The maximum absolute atomic E-state index is 5.85. The van der Waals surface area contributed by atoms with Crippen LogP contribution in [-0.4, -0.2) is 9.78 Å². The second-order valence-corrected chi connectivity index (χ2v) is 4.61. The molecule has 3 nitrogen and oxygen atoms in total. The van der Waals surface area contributed by atoms with Crippen LogP contribution < -0.4 is 5.73 Å². The molecule has 0 unspecified atom stereocenters. The fraction of sp³-hybridized carbons (Fsp3) is 0.133. The van der Waals surface area contributed by atoms with Gasteiger partial charge in [0.1, 0.15) is 0 Å². The molecular formula is C15H15N3. The SMILES string of the molecule is Cc1cc(-c2ccc3cnn(C)c3c2)ccc1N. The van der Waals surface area contributed by atoms with Crippen molar-refractivity contribution in [3.8, 4) is 11.1 Å². The summed E-state index contributed by atoms with van der Waals surface area (Å²) in [7, 11) is 1.96. The van der Waals surface area contributed by atoms with Gasteiger partial charge in [0.2, 0.25) is 0 Å². The van der Waals surface area contributed by atoms with Crippen molar-refractivity contribution in [3.63, 3.8) is 0 Å². The first-order valence-electron chi connectivity index (χ1n) is 5.93. The first-order valence-corrected chi connectivity index (χ1v) is 5.93. The van der Waals surface area contributed by atoms with Crippen molar-refractivity contribution in [2.75, 3.05) is 5.73 Å². The van der Waals surface area contributed by atoms with Crippen LogP contribution >= 0.6 is 0 Å². The summed E-state index contributed by atoms with van der Waals surface area (Å²) in [6.45, 7) is 2.03. The van der Waals surface area contributed by atoms with E-state index in [0.29, 0.717) is 0 Å². The zero-order valence-electron chi connectivity index (χ0n) is 10.5. The van der Waals surface area contributed by atoms with Crippen LogP contribution in [0.2, 0.25) is 0 Å². The van der Waals surface area contributed by atoms with E-state index in [1.165, 1.54) is 11.1 Å². The van der Waals surface area contributed by atoms with Gasteiger partial charge in [-0.25, -0.2) is 0 Å². The molecule has 90 valence electrons. The fourth-order valence-corrected chi connectivity index (χ4v) is 2.18. The Labute approximate surface area is 106 Å². The molecule has 3 rings (SSSR count). The third-order valence-corrected chi connectivity index (χ3v) is 3.35. The van der Waals surface area contributed by atoms with Crippen molar-refractivity contribution in [2.24, 2.45) is 7.05 Å². The number of aromatic nitrogens is 2. The van der Waals surface area contributed by atoms with E-state index in [9.17, 15) is 0 Å². The Kier molecular flexibility index (Phi) is 2.33. The maximum atomic E-state index is 5.85. The molecule has 0 amide bonds. The standard InChI is InChI=1S/C15H15N3/c1-10-7-11(5-6-14(10)16)12-3-4-13-9-17-18(2)15(13)8-12/h3-9H,16H2,1-2H3. The molecule has 0 aliphatic rings. The lowest BCUT2D eigenvalue weighted by molar-refractivity contribution is 0.797. The number of benzene rings is 2. The zero-order valence-corrected chi connectivity index (χ0v) is 10.5. The number of nitrogens with two attached hydrogens (primary N) is 1. The van der Waals surface area contributed by atoms with Crippen molar-refractivity contribution in [2.45, 2.75) is 6.92 Å². The minimum Gasteiger partial charge on any atom is -0.399 e. The Morgan fingerprint density at radius 2 is 1.78 bits per heavy atom. The summed E-state index contributed by atoms with van der Waals surface area (Å²) in [5.74, 6) is 0. The normalized spacial score (nSPS) is 11.0. The van der Waals surface area contributed by atoms with Crippen LogP contribution in [0.4, 0.5) is 5.69 Å². The van der Waals surface area contributed by atoms with E-state index in [4.69, 9.17) is 5.73 Å². The van der Waals surface area contributed by atoms with Crippen LogP contribution in [0, 0.1) is 6.92 Å². The molecule has 0 fully saturated rings. The lowest BCUT2D eigenvalue weighted by Gasteiger charge is -2.06.